The summed E-state index contributed by atoms with van der Waals surface area (Å²) in [6, 6.07) is 0. The van der Waals surface area contributed by atoms with Crippen LogP contribution in [0.1, 0.15) is 0 Å². The maximum absolute atomic E-state index is 5.57. The van der Waals surface area contributed by atoms with Crippen LogP contribution < -0.4 is 5.84 Å². The van der Waals surface area contributed by atoms with Gasteiger partial charge >= 0.3 is 0 Å². The maximum atomic E-state index is 5.57. The first-order valence-electron chi connectivity index (χ1n) is 3.20. The van der Waals surface area contributed by atoms with Gasteiger partial charge in [0.15, 0.2) is 5.82 Å². The van der Waals surface area contributed by atoms with Crippen molar-refractivity contribution in [1.29, 1.82) is 0 Å². The molecule has 0 aromatic carbocycles. The van der Waals surface area contributed by atoms with Gasteiger partial charge in [-0.05, 0) is 12.2 Å². The third-order valence-electron chi connectivity index (χ3n) is 1.46. The number of nitrogen functional groups attached to an aromatic ring is 1. The first kappa shape index (κ1) is 7.04. The molecule has 12 heavy (non-hydrogen) atoms. The van der Waals surface area contributed by atoms with Crippen LogP contribution in [0.5, 0.6) is 0 Å². The van der Waals surface area contributed by atoms with Gasteiger partial charge in [-0.3, -0.25) is 5.10 Å². The number of nitrogens with two attached hydrogens (primary N) is 1. The molecule has 0 saturated carbocycles. The minimum absolute atomic E-state index is 0.381. The lowest BCUT2D eigenvalue weighted by molar-refractivity contribution is 0.984. The Bertz CT molecular complexity index is 423. The average Bonchev–Trinajstić information content (AvgIpc) is 2.64. The van der Waals surface area contributed by atoms with Gasteiger partial charge in [0.05, 0.1) is 11.8 Å². The van der Waals surface area contributed by atoms with E-state index in [9.17, 15) is 0 Å². The molecule has 0 amide bonds. The molecule has 0 aliphatic rings. The Morgan fingerprint density at radius 2 is 2.42 bits per heavy atom. The number of nitrogens with one attached hydrogen (secondary N) is 2. The van der Waals surface area contributed by atoms with Crippen molar-refractivity contribution in [2.75, 3.05) is 5.84 Å². The third kappa shape index (κ3) is 0.909. The maximum Gasteiger partial charge on any atom is 0.214 e. The highest BCUT2D eigenvalue weighted by molar-refractivity contribution is 7.71. The predicted octanol–water partition coefficient (Wildman–Crippen LogP) is 0.0446. The average molecular weight is 182 g/mol. The van der Waals surface area contributed by atoms with E-state index >= 15 is 0 Å². The van der Waals surface area contributed by atoms with Gasteiger partial charge < -0.3 is 5.84 Å². The van der Waals surface area contributed by atoms with E-state index in [1.807, 2.05) is 0 Å². The van der Waals surface area contributed by atoms with Crippen LogP contribution in [0.3, 0.4) is 0 Å². The monoisotopic (exact) mass is 182 g/mol. The van der Waals surface area contributed by atoms with Crippen LogP contribution in [-0.4, -0.2) is 25.1 Å². The summed E-state index contributed by atoms with van der Waals surface area (Å²) in [5.74, 6) is 6.13. The molecule has 2 aromatic heterocycles. The van der Waals surface area contributed by atoms with Gasteiger partial charge in [-0.15, -0.1) is 0 Å². The van der Waals surface area contributed by atoms with Crippen LogP contribution in [0.4, 0.5) is 0 Å². The van der Waals surface area contributed by atoms with Crippen molar-refractivity contribution in [1.82, 2.24) is 25.1 Å². The summed E-state index contributed by atoms with van der Waals surface area (Å²) >= 11 is 4.84. The summed E-state index contributed by atoms with van der Waals surface area (Å²) in [6.07, 6.45) is 3.31. The fourth-order valence-corrected chi connectivity index (χ4v) is 1.01. The second kappa shape index (κ2) is 2.45. The molecule has 7 heteroatoms. The molecule has 0 aliphatic carbocycles. The summed E-state index contributed by atoms with van der Waals surface area (Å²) < 4.78 is 1.67. The lowest BCUT2D eigenvalue weighted by atomic mass is 10.3. The van der Waals surface area contributed by atoms with Crippen LogP contribution in [0.2, 0.25) is 0 Å². The SMILES string of the molecule is Nn1c(-c2cn[nH]c2)n[nH]c1=S. The summed E-state index contributed by atoms with van der Waals surface area (Å²) in [7, 11) is 0. The largest absolute Gasteiger partial charge is 0.335 e. The second-order valence-electron chi connectivity index (χ2n) is 2.21. The molecule has 2 heterocycles. The number of aromatic amines is 2. The zero-order valence-corrected chi connectivity index (χ0v) is 6.80. The highest BCUT2D eigenvalue weighted by Crippen LogP contribution is 2.11. The van der Waals surface area contributed by atoms with E-state index in [1.165, 1.54) is 4.68 Å². The van der Waals surface area contributed by atoms with Crippen molar-refractivity contribution in [3.05, 3.63) is 17.2 Å². The molecule has 0 atom stereocenters. The molecule has 0 radical (unpaired) electrons. The molecule has 4 N–H and O–H groups in total. The van der Waals surface area contributed by atoms with Crippen molar-refractivity contribution in [3.8, 4) is 11.4 Å². The Morgan fingerprint density at radius 3 is 2.92 bits per heavy atom. The molecule has 2 rings (SSSR count). The molecular weight excluding hydrogens is 176 g/mol. The molecule has 0 fully saturated rings. The molecule has 0 bridgehead atoms. The van der Waals surface area contributed by atoms with Gasteiger partial charge in [-0.1, -0.05) is 0 Å². The molecule has 0 spiro atoms. The van der Waals surface area contributed by atoms with Gasteiger partial charge in [0.25, 0.3) is 0 Å². The van der Waals surface area contributed by atoms with E-state index < -0.39 is 0 Å². The Hall–Kier alpha value is -1.63. The zero-order chi connectivity index (χ0) is 8.55. The highest BCUT2D eigenvalue weighted by Gasteiger charge is 2.05. The number of hydrogen-bond donors (Lipinski definition) is 3. The van der Waals surface area contributed by atoms with Gasteiger partial charge in [-0.2, -0.15) is 10.2 Å². The second-order valence-corrected chi connectivity index (χ2v) is 2.60. The van der Waals surface area contributed by atoms with Crippen LogP contribution in [0.15, 0.2) is 12.4 Å². The Kier molecular flexibility index (Phi) is 1.44. The zero-order valence-electron chi connectivity index (χ0n) is 5.98. The molecule has 0 aliphatic heterocycles. The molecule has 6 nitrogen and oxygen atoms in total. The van der Waals surface area contributed by atoms with Gasteiger partial charge in [0.1, 0.15) is 0 Å². The Balaban J connectivity index is 2.62. The summed E-state index contributed by atoms with van der Waals surface area (Å²) in [4.78, 5) is 0. The first-order valence-corrected chi connectivity index (χ1v) is 3.61. The lowest BCUT2D eigenvalue weighted by Gasteiger charge is -1.93. The van der Waals surface area contributed by atoms with Gasteiger partial charge in [0.2, 0.25) is 4.77 Å². The molecule has 2 aromatic rings. The number of H-pyrrole nitrogens is 2. The van der Waals surface area contributed by atoms with Crippen molar-refractivity contribution in [2.45, 2.75) is 0 Å². The van der Waals surface area contributed by atoms with Crippen molar-refractivity contribution < 1.29 is 0 Å². The van der Waals surface area contributed by atoms with Crippen molar-refractivity contribution in [2.24, 2.45) is 0 Å². The Morgan fingerprint density at radius 1 is 1.58 bits per heavy atom. The fourth-order valence-electron chi connectivity index (χ4n) is 0.882. The quantitative estimate of drug-likeness (QED) is 0.429. The normalized spacial score (nSPS) is 10.3. The van der Waals surface area contributed by atoms with E-state index in [0.717, 1.165) is 5.56 Å². The smallest absolute Gasteiger partial charge is 0.214 e. The topological polar surface area (TPSA) is 88.3 Å². The Labute approximate surface area is 72.4 Å². The third-order valence-corrected chi connectivity index (χ3v) is 1.75. The summed E-state index contributed by atoms with van der Waals surface area (Å²) in [5.41, 5.74) is 0.796. The lowest BCUT2D eigenvalue weighted by Crippen LogP contribution is -2.09. The minimum atomic E-state index is 0.381. The molecule has 62 valence electrons. The molecule has 0 unspecified atom stereocenters. The standard InChI is InChI=1S/C5H6N6S/c6-11-4(9-10-5(11)12)3-1-7-8-2-3/h1-2H,6H2,(H,7,8)(H,10,12). The highest BCUT2D eigenvalue weighted by atomic mass is 32.1. The van der Waals surface area contributed by atoms with E-state index in [0.29, 0.717) is 10.6 Å². The van der Waals surface area contributed by atoms with Crippen molar-refractivity contribution in [3.63, 3.8) is 0 Å². The first-order chi connectivity index (χ1) is 5.79. The number of nitrogens with zero attached hydrogens (tertiary/aromatic N) is 3. The minimum Gasteiger partial charge on any atom is -0.335 e. The number of hydrogen-bond acceptors (Lipinski definition) is 4. The number of rotatable bonds is 1. The van der Waals surface area contributed by atoms with Crippen LogP contribution in [0, 0.1) is 4.77 Å². The van der Waals surface area contributed by atoms with Crippen molar-refractivity contribution >= 4 is 12.2 Å². The van der Waals surface area contributed by atoms with Gasteiger partial charge in [0, 0.05) is 6.20 Å². The van der Waals surface area contributed by atoms with Gasteiger partial charge in [-0.25, -0.2) is 9.77 Å². The summed E-state index contributed by atoms with van der Waals surface area (Å²) in [5, 5.41) is 12.9. The number of aromatic nitrogens is 5. The van der Waals surface area contributed by atoms with Crippen LogP contribution >= 0.6 is 12.2 Å². The van der Waals surface area contributed by atoms with E-state index in [-0.39, 0.29) is 0 Å². The fraction of sp³-hybridized carbons (Fsp3) is 0. The van der Waals surface area contributed by atoms with E-state index in [1.54, 1.807) is 12.4 Å². The predicted molar refractivity (Wildman–Crippen MR) is 45.1 cm³/mol. The van der Waals surface area contributed by atoms with Crippen LogP contribution in [0.25, 0.3) is 11.4 Å². The van der Waals surface area contributed by atoms with E-state index in [2.05, 4.69) is 20.4 Å². The summed E-state index contributed by atoms with van der Waals surface area (Å²) in [6.45, 7) is 0. The molecule has 0 saturated heterocycles. The molecular formula is C5H6N6S. The van der Waals surface area contributed by atoms with Crippen LogP contribution in [-0.2, 0) is 0 Å². The van der Waals surface area contributed by atoms with E-state index in [4.69, 9.17) is 18.1 Å².